The Morgan fingerprint density at radius 1 is 0.885 bits per heavy atom. The fourth-order valence-electron chi connectivity index (χ4n) is 3.81. The lowest BCUT2D eigenvalue weighted by Gasteiger charge is -2.36. The molecular weight excluding hydrogens is 322 g/mol. The van der Waals surface area contributed by atoms with Gasteiger partial charge in [0.2, 0.25) is 0 Å². The highest BCUT2D eigenvalue weighted by Gasteiger charge is 2.25. The summed E-state index contributed by atoms with van der Waals surface area (Å²) >= 11 is 0. The molecular formula is C22H23N3O. The van der Waals surface area contributed by atoms with Crippen LogP contribution in [0.2, 0.25) is 0 Å². The molecule has 0 radical (unpaired) electrons. The highest BCUT2D eigenvalue weighted by molar-refractivity contribution is 6.01. The largest absolute Gasteiger partial charge is 0.368 e. The predicted octanol–water partition coefficient (Wildman–Crippen LogP) is 3.81. The van der Waals surface area contributed by atoms with E-state index in [4.69, 9.17) is 0 Å². The number of para-hydroxylation sites is 2. The maximum atomic E-state index is 13.2. The van der Waals surface area contributed by atoms with E-state index in [1.54, 1.807) is 0 Å². The number of hydrogen-bond donors (Lipinski definition) is 0. The highest BCUT2D eigenvalue weighted by Crippen LogP contribution is 2.24. The van der Waals surface area contributed by atoms with Gasteiger partial charge in [0.1, 0.15) is 0 Å². The fourth-order valence-corrected chi connectivity index (χ4v) is 3.81. The number of aromatic nitrogens is 1. The number of fused-ring (bicyclic) bond motifs is 1. The number of aryl methyl sites for hydroxylation is 2. The predicted molar refractivity (Wildman–Crippen MR) is 106 cm³/mol. The van der Waals surface area contributed by atoms with Crippen molar-refractivity contribution >= 4 is 22.5 Å². The molecule has 4 nitrogen and oxygen atoms in total. The molecule has 4 heteroatoms. The molecule has 0 spiro atoms. The van der Waals surface area contributed by atoms with Gasteiger partial charge < -0.3 is 9.80 Å². The molecule has 0 N–H and O–H groups in total. The Morgan fingerprint density at radius 2 is 1.54 bits per heavy atom. The van der Waals surface area contributed by atoms with Crippen molar-refractivity contribution in [1.29, 1.82) is 0 Å². The minimum atomic E-state index is 0.103. The first-order valence-corrected chi connectivity index (χ1v) is 9.10. The summed E-state index contributed by atoms with van der Waals surface area (Å²) in [4.78, 5) is 22.2. The molecule has 2 aromatic carbocycles. The lowest BCUT2D eigenvalue weighted by atomic mass is 10.0. The fraction of sp³-hybridized carbons (Fsp3) is 0.273. The van der Waals surface area contributed by atoms with Crippen molar-refractivity contribution in [3.8, 4) is 0 Å². The van der Waals surface area contributed by atoms with Gasteiger partial charge >= 0.3 is 0 Å². The number of piperazine rings is 1. The first-order valence-electron chi connectivity index (χ1n) is 9.10. The van der Waals surface area contributed by atoms with Crippen molar-refractivity contribution in [3.63, 3.8) is 0 Å². The van der Waals surface area contributed by atoms with Gasteiger partial charge in [-0.25, -0.2) is 0 Å². The minimum Gasteiger partial charge on any atom is -0.368 e. The van der Waals surface area contributed by atoms with Crippen LogP contribution in [0.5, 0.6) is 0 Å². The summed E-state index contributed by atoms with van der Waals surface area (Å²) < 4.78 is 0. The lowest BCUT2D eigenvalue weighted by molar-refractivity contribution is 0.0745. The average molecular weight is 345 g/mol. The Bertz CT molecular complexity index is 944. The highest BCUT2D eigenvalue weighted by atomic mass is 16.2. The molecule has 0 bridgehead atoms. The molecule has 1 aliphatic heterocycles. The van der Waals surface area contributed by atoms with Gasteiger partial charge in [0.15, 0.2) is 0 Å². The Kier molecular flexibility index (Phi) is 4.33. The van der Waals surface area contributed by atoms with Gasteiger partial charge in [-0.1, -0.05) is 36.4 Å². The number of anilines is 1. The van der Waals surface area contributed by atoms with Crippen LogP contribution >= 0.6 is 0 Å². The van der Waals surface area contributed by atoms with E-state index in [2.05, 4.69) is 34.1 Å². The van der Waals surface area contributed by atoms with Gasteiger partial charge in [0.05, 0.1) is 16.8 Å². The molecule has 132 valence electrons. The lowest BCUT2D eigenvalue weighted by Crippen LogP contribution is -2.49. The van der Waals surface area contributed by atoms with Crippen LogP contribution in [-0.4, -0.2) is 42.0 Å². The summed E-state index contributed by atoms with van der Waals surface area (Å²) in [5.41, 5.74) is 4.78. The van der Waals surface area contributed by atoms with E-state index in [1.807, 2.05) is 49.1 Å². The normalized spacial score (nSPS) is 14.7. The third-order valence-electron chi connectivity index (χ3n) is 5.24. The quantitative estimate of drug-likeness (QED) is 0.708. The molecule has 1 amide bonds. The van der Waals surface area contributed by atoms with E-state index in [0.717, 1.165) is 53.9 Å². The number of pyridine rings is 1. The number of carbonyl (C=O) groups excluding carboxylic acids is 1. The van der Waals surface area contributed by atoms with Gasteiger partial charge in [-0.3, -0.25) is 9.78 Å². The van der Waals surface area contributed by atoms with Crippen molar-refractivity contribution in [2.24, 2.45) is 0 Å². The number of benzene rings is 2. The van der Waals surface area contributed by atoms with E-state index in [1.165, 1.54) is 5.69 Å². The van der Waals surface area contributed by atoms with Crippen LogP contribution in [0, 0.1) is 13.8 Å². The first-order chi connectivity index (χ1) is 12.6. The average Bonchev–Trinajstić information content (AvgIpc) is 2.69. The minimum absolute atomic E-state index is 0.103. The first kappa shape index (κ1) is 16.6. The van der Waals surface area contributed by atoms with Crippen LogP contribution in [0.25, 0.3) is 10.9 Å². The van der Waals surface area contributed by atoms with Gasteiger partial charge in [-0.2, -0.15) is 0 Å². The van der Waals surface area contributed by atoms with Crippen molar-refractivity contribution in [3.05, 3.63) is 71.4 Å². The molecule has 0 aliphatic carbocycles. The maximum Gasteiger partial charge on any atom is 0.256 e. The van der Waals surface area contributed by atoms with Crippen LogP contribution in [0.15, 0.2) is 54.6 Å². The number of hydrogen-bond acceptors (Lipinski definition) is 3. The van der Waals surface area contributed by atoms with E-state index in [-0.39, 0.29) is 5.91 Å². The van der Waals surface area contributed by atoms with Gasteiger partial charge in [-0.05, 0) is 37.6 Å². The molecule has 2 heterocycles. The van der Waals surface area contributed by atoms with Crippen molar-refractivity contribution in [2.45, 2.75) is 13.8 Å². The van der Waals surface area contributed by atoms with Crippen LogP contribution < -0.4 is 4.90 Å². The van der Waals surface area contributed by atoms with Crippen LogP contribution in [0.3, 0.4) is 0 Å². The second-order valence-corrected chi connectivity index (χ2v) is 6.83. The van der Waals surface area contributed by atoms with E-state index in [9.17, 15) is 4.79 Å². The standard InChI is InChI=1S/C22H23N3O/c1-16-19-10-6-7-11-20(19)23-17(2)21(16)22(26)25-14-12-24(13-15-25)18-8-4-3-5-9-18/h3-11H,12-15H2,1-2H3. The molecule has 1 aliphatic rings. The number of carbonyl (C=O) groups is 1. The molecule has 3 aromatic rings. The molecule has 0 saturated carbocycles. The van der Waals surface area contributed by atoms with Crippen LogP contribution in [-0.2, 0) is 0 Å². The van der Waals surface area contributed by atoms with Crippen molar-refractivity contribution < 1.29 is 4.79 Å². The summed E-state index contributed by atoms with van der Waals surface area (Å²) in [5, 5.41) is 1.06. The zero-order chi connectivity index (χ0) is 18.1. The summed E-state index contributed by atoms with van der Waals surface area (Å²) in [6.07, 6.45) is 0. The summed E-state index contributed by atoms with van der Waals surface area (Å²) in [6, 6.07) is 18.4. The van der Waals surface area contributed by atoms with Gasteiger partial charge in [-0.15, -0.1) is 0 Å². The van der Waals surface area contributed by atoms with Crippen molar-refractivity contribution in [2.75, 3.05) is 31.1 Å². The van der Waals surface area contributed by atoms with Crippen LogP contribution in [0.4, 0.5) is 5.69 Å². The topological polar surface area (TPSA) is 36.4 Å². The van der Waals surface area contributed by atoms with Crippen molar-refractivity contribution in [1.82, 2.24) is 9.88 Å². The zero-order valence-corrected chi connectivity index (χ0v) is 15.3. The summed E-state index contributed by atoms with van der Waals surface area (Å²) in [5.74, 6) is 0.103. The zero-order valence-electron chi connectivity index (χ0n) is 15.3. The summed E-state index contributed by atoms with van der Waals surface area (Å²) in [6.45, 7) is 7.15. The van der Waals surface area contributed by atoms with E-state index in [0.29, 0.717) is 0 Å². The SMILES string of the molecule is Cc1nc2ccccc2c(C)c1C(=O)N1CCN(c2ccccc2)CC1. The Morgan fingerprint density at radius 3 is 2.27 bits per heavy atom. The smallest absolute Gasteiger partial charge is 0.256 e. The molecule has 0 atom stereocenters. The molecule has 1 saturated heterocycles. The Balaban J connectivity index is 1.57. The van der Waals surface area contributed by atoms with E-state index < -0.39 is 0 Å². The molecule has 0 unspecified atom stereocenters. The van der Waals surface area contributed by atoms with Gasteiger partial charge in [0, 0.05) is 37.3 Å². The third kappa shape index (κ3) is 2.92. The molecule has 1 fully saturated rings. The maximum absolute atomic E-state index is 13.2. The molecule has 4 rings (SSSR count). The van der Waals surface area contributed by atoms with Crippen LogP contribution in [0.1, 0.15) is 21.6 Å². The molecule has 1 aromatic heterocycles. The summed E-state index contributed by atoms with van der Waals surface area (Å²) in [7, 11) is 0. The Hall–Kier alpha value is -2.88. The third-order valence-corrected chi connectivity index (χ3v) is 5.24. The second-order valence-electron chi connectivity index (χ2n) is 6.83. The molecule has 26 heavy (non-hydrogen) atoms. The number of rotatable bonds is 2. The Labute approximate surface area is 154 Å². The monoisotopic (exact) mass is 345 g/mol. The second kappa shape index (κ2) is 6.79. The van der Waals surface area contributed by atoms with Gasteiger partial charge in [0.25, 0.3) is 5.91 Å². The number of nitrogens with zero attached hydrogens (tertiary/aromatic N) is 3. The number of amides is 1. The van der Waals surface area contributed by atoms with E-state index >= 15 is 0 Å².